The van der Waals surface area contributed by atoms with Crippen LogP contribution in [0.4, 0.5) is 0 Å². The Morgan fingerprint density at radius 2 is 0.814 bits per heavy atom. The van der Waals surface area contributed by atoms with Gasteiger partial charge in [0.25, 0.3) is 0 Å². The molecule has 3 N–H and O–H groups in total. The van der Waals surface area contributed by atoms with Gasteiger partial charge in [0.2, 0.25) is 7.51 Å². The van der Waals surface area contributed by atoms with Crippen molar-refractivity contribution in [2.75, 3.05) is 73.2 Å². The van der Waals surface area contributed by atoms with Crippen LogP contribution in [-0.2, 0) is 73.4 Å². The van der Waals surface area contributed by atoms with Gasteiger partial charge in [-0.2, -0.15) is 4.52 Å². The van der Waals surface area contributed by atoms with E-state index in [0.29, 0.717) is 0 Å². The minimum Gasteiger partial charge on any atom is -0.693 e. The molecule has 0 heterocycles. The van der Waals surface area contributed by atoms with Gasteiger partial charge < -0.3 is 51.8 Å². The van der Waals surface area contributed by atoms with Crippen molar-refractivity contribution in [1.82, 2.24) is 0 Å². The molecule has 257 valence electrons. The van der Waals surface area contributed by atoms with E-state index in [-0.39, 0.29) is 98.3 Å². The van der Waals surface area contributed by atoms with Crippen molar-refractivity contribution in [3.63, 3.8) is 0 Å². The third-order valence-electron chi connectivity index (χ3n) is 4.03. The Bertz CT molecular complexity index is 1030. The Kier molecular flexibility index (Phi) is 29.1. The summed E-state index contributed by atoms with van der Waals surface area (Å²) in [6.45, 7) is 20.9. The molecular weight excluding hydrogens is 740 g/mol. The molecule has 0 rings (SSSR count). The van der Waals surface area contributed by atoms with Crippen LogP contribution in [0.15, 0.2) is 35.5 Å². The number of nitrogens with two attached hydrogens (primary N) is 1. The Balaban J connectivity index is -0.00000800. The molecule has 0 saturated heterocycles. The van der Waals surface area contributed by atoms with Crippen molar-refractivity contribution in [2.24, 2.45) is 22.8 Å². The van der Waals surface area contributed by atoms with Crippen LogP contribution in [0.2, 0.25) is 0 Å². The first-order valence-corrected chi connectivity index (χ1v) is 21.8. The second-order valence-electron chi connectivity index (χ2n) is 7.28. The number of hydrogen-bond donors (Lipinski definition) is 1. The molecule has 0 aliphatic rings. The van der Waals surface area contributed by atoms with Crippen LogP contribution >= 0.6 is 38.1 Å². The Morgan fingerprint density at radius 1 is 0.535 bits per heavy atom. The number of rotatable bonds is 23. The first kappa shape index (κ1) is 48.9. The summed E-state index contributed by atoms with van der Waals surface area (Å²) < 4.78 is 77.7. The molecule has 2 unspecified atom stereocenters. The van der Waals surface area contributed by atoms with Crippen molar-refractivity contribution in [3.8, 4) is 0 Å². The summed E-state index contributed by atoms with van der Waals surface area (Å²) in [5.41, 5.74) is 0. The maximum Gasteiger partial charge on any atom is 0.349 e. The van der Waals surface area contributed by atoms with Gasteiger partial charge in [0.1, 0.15) is 0 Å². The average molecular weight is 794 g/mol. The van der Waals surface area contributed by atoms with Crippen LogP contribution in [0.25, 0.3) is 6.15 Å². The minimum absolute atomic E-state index is 0. The molecular formula is C21H54N6O10P5Y-. The summed E-state index contributed by atoms with van der Waals surface area (Å²) in [6, 6.07) is 0. The van der Waals surface area contributed by atoms with Crippen molar-refractivity contribution in [1.29, 1.82) is 0 Å². The van der Waals surface area contributed by atoms with Gasteiger partial charge in [-0.25, -0.2) is 4.74 Å². The van der Waals surface area contributed by atoms with E-state index in [2.05, 4.69) is 15.8 Å². The molecule has 0 aromatic carbocycles. The van der Waals surface area contributed by atoms with Gasteiger partial charge in [0.05, 0.1) is 59.5 Å². The van der Waals surface area contributed by atoms with E-state index in [1.165, 1.54) is 6.66 Å². The van der Waals surface area contributed by atoms with Crippen LogP contribution in [-0.4, -0.2) is 78.1 Å². The fraction of sp³-hybridized carbons (Fsp3) is 0.905. The van der Waals surface area contributed by atoms with Crippen LogP contribution in [0.5, 0.6) is 0 Å². The van der Waals surface area contributed by atoms with Gasteiger partial charge >= 0.3 is 30.6 Å². The third kappa shape index (κ3) is 17.5. The summed E-state index contributed by atoms with van der Waals surface area (Å²) in [4.78, 5) is 11.0. The van der Waals surface area contributed by atoms with Gasteiger partial charge in [-0.3, -0.25) is 0 Å². The largest absolute Gasteiger partial charge is 0.693 e. The molecule has 2 atom stereocenters. The zero-order valence-corrected chi connectivity index (χ0v) is 34.7. The molecule has 16 nitrogen and oxygen atoms in total. The zero-order valence-electron chi connectivity index (χ0n) is 27.4. The fourth-order valence-electron chi connectivity index (χ4n) is 2.96. The van der Waals surface area contributed by atoms with Gasteiger partial charge in [-0.15, -0.1) is 20.1 Å². The predicted octanol–water partition coefficient (Wildman–Crippen LogP) is 10.3. The summed E-state index contributed by atoms with van der Waals surface area (Å²) in [6.07, 6.45) is 1.57. The molecule has 1 radical (unpaired) electrons. The molecule has 0 aliphatic carbocycles. The van der Waals surface area contributed by atoms with Crippen molar-refractivity contribution in [3.05, 3.63) is 18.8 Å². The molecule has 0 aliphatic heterocycles. The maximum atomic E-state index is 11.0. The first-order valence-electron chi connectivity index (χ1n) is 13.6. The van der Waals surface area contributed by atoms with Gasteiger partial charge in [0.15, 0.2) is 0 Å². The van der Waals surface area contributed by atoms with Crippen LogP contribution < -0.4 is 0 Å². The second kappa shape index (κ2) is 25.6. The Labute approximate surface area is 285 Å². The molecule has 43 heavy (non-hydrogen) atoms. The molecule has 0 aromatic heterocycles. The standard InChI is InChI=1S/C21H52N5O10P5.H2N.Y/c1-12-21-36-38(22-10,29-14-3)24-40(32-17-6,33-18-7)26-41(34-19-8,35-20-9)25-39(30-15-4,31-16-5)23-37(11,27)28-13-2;;/h12,27H,1,13-21H2,2-11H3;1H2;/q;-1;. The second-order valence-corrected chi connectivity index (χ2v) is 18.5. The van der Waals surface area contributed by atoms with Crippen molar-refractivity contribution in [2.45, 2.75) is 55.4 Å². The van der Waals surface area contributed by atoms with Gasteiger partial charge in [0, 0.05) is 46.4 Å². The summed E-state index contributed by atoms with van der Waals surface area (Å²) in [5, 5.41) is 0. The maximum absolute atomic E-state index is 11.0. The molecule has 0 saturated carbocycles. The molecule has 0 spiro atoms. The SMILES string of the molecule is C=CCOP(=NC)(N=P(N=P(N=P(N=P(C)(O)OCC)(OCC)OCC)(OCC)OCC)(OCC)OCC)OCC.[NH2-].[Y]. The Morgan fingerprint density at radius 3 is 1.09 bits per heavy atom. The van der Waals surface area contributed by atoms with E-state index in [1.807, 2.05) is 0 Å². The van der Waals surface area contributed by atoms with Crippen LogP contribution in [0, 0.1) is 0 Å². The normalized spacial score (nSPS) is 14.8. The third-order valence-corrected chi connectivity index (χ3v) is 17.6. The quantitative estimate of drug-likeness (QED) is 0.0767. The first-order chi connectivity index (χ1) is 19.4. The van der Waals surface area contributed by atoms with E-state index in [1.54, 1.807) is 68.5 Å². The van der Waals surface area contributed by atoms with E-state index in [0.717, 1.165) is 0 Å². The van der Waals surface area contributed by atoms with Crippen LogP contribution in [0.1, 0.15) is 55.4 Å². The topological polar surface area (TPSA) is 199 Å². The smallest absolute Gasteiger partial charge is 0.349 e. The van der Waals surface area contributed by atoms with Gasteiger partial charge in [-0.05, 0) is 55.4 Å². The summed E-state index contributed by atoms with van der Waals surface area (Å²) in [7, 11) is -16.1. The van der Waals surface area contributed by atoms with E-state index < -0.39 is 38.1 Å². The molecule has 0 amide bonds. The zero-order chi connectivity index (χ0) is 31.5. The molecule has 0 aromatic rings. The number of nitrogens with zero attached hydrogens (tertiary/aromatic N) is 5. The van der Waals surface area contributed by atoms with Gasteiger partial charge in [-0.1, -0.05) is 6.08 Å². The summed E-state index contributed by atoms with van der Waals surface area (Å²) >= 11 is 0. The minimum atomic E-state index is -3.75. The van der Waals surface area contributed by atoms with E-state index in [4.69, 9.17) is 54.3 Å². The Hall–Kier alpha value is 1.55. The molecule has 0 bridgehead atoms. The average Bonchev–Trinajstić information content (AvgIpc) is 2.88. The molecule has 22 heteroatoms. The van der Waals surface area contributed by atoms with E-state index >= 15 is 0 Å². The van der Waals surface area contributed by atoms with Crippen molar-refractivity contribution < 1.29 is 78.3 Å². The van der Waals surface area contributed by atoms with Crippen molar-refractivity contribution >= 4 is 38.1 Å². The van der Waals surface area contributed by atoms with E-state index in [9.17, 15) is 4.89 Å². The number of hydrogen-bond acceptors (Lipinski definition) is 10. The summed E-state index contributed by atoms with van der Waals surface area (Å²) in [5.74, 6) is 0. The molecule has 0 fully saturated rings. The predicted molar refractivity (Wildman–Crippen MR) is 175 cm³/mol. The van der Waals surface area contributed by atoms with Crippen LogP contribution in [0.3, 0.4) is 0 Å². The fourth-order valence-corrected chi connectivity index (χ4v) is 16.5. The monoisotopic (exact) mass is 794 g/mol.